The van der Waals surface area contributed by atoms with Crippen LogP contribution in [0.4, 0.5) is 0 Å². The summed E-state index contributed by atoms with van der Waals surface area (Å²) in [4.78, 5) is 11.6. The molecule has 0 bridgehead atoms. The number of carbonyl (C=O) groups is 1. The van der Waals surface area contributed by atoms with Gasteiger partial charge >= 0.3 is 5.97 Å². The summed E-state index contributed by atoms with van der Waals surface area (Å²) >= 11 is 0. The van der Waals surface area contributed by atoms with Gasteiger partial charge in [0.2, 0.25) is 0 Å². The van der Waals surface area contributed by atoms with Crippen LogP contribution < -0.4 is 0 Å². The van der Waals surface area contributed by atoms with Crippen LogP contribution in [0.5, 0.6) is 0 Å². The van der Waals surface area contributed by atoms with E-state index in [1.807, 2.05) is 6.92 Å². The first-order valence-electron chi connectivity index (χ1n) is 7.63. The van der Waals surface area contributed by atoms with Crippen LogP contribution in [0.1, 0.15) is 77.6 Å². The SMILES string of the molecule is CC1CCCC/C=C\CCCCCCCC(=O)O1. The molecule has 0 radical (unpaired) electrons. The molecule has 1 aliphatic rings. The molecule has 0 N–H and O–H groups in total. The molecular weight excluding hydrogens is 224 g/mol. The molecule has 1 atom stereocenters. The Morgan fingerprint density at radius 2 is 1.56 bits per heavy atom. The normalized spacial score (nSPS) is 27.4. The van der Waals surface area contributed by atoms with E-state index in [1.165, 1.54) is 38.5 Å². The summed E-state index contributed by atoms with van der Waals surface area (Å²) in [5, 5.41) is 0. The molecule has 18 heavy (non-hydrogen) atoms. The van der Waals surface area contributed by atoms with E-state index >= 15 is 0 Å². The van der Waals surface area contributed by atoms with Crippen molar-refractivity contribution in [2.24, 2.45) is 0 Å². The van der Waals surface area contributed by atoms with E-state index in [-0.39, 0.29) is 12.1 Å². The summed E-state index contributed by atoms with van der Waals surface area (Å²) in [5.41, 5.74) is 0. The van der Waals surface area contributed by atoms with Gasteiger partial charge in [-0.25, -0.2) is 0 Å². The van der Waals surface area contributed by atoms with Crippen LogP contribution in [0.25, 0.3) is 0 Å². The molecule has 0 aromatic heterocycles. The Bertz CT molecular complexity index is 245. The summed E-state index contributed by atoms with van der Waals surface area (Å²) in [6.45, 7) is 2.01. The molecule has 0 aliphatic carbocycles. The van der Waals surface area contributed by atoms with Crippen molar-refractivity contribution in [3.05, 3.63) is 12.2 Å². The number of hydrogen-bond acceptors (Lipinski definition) is 2. The molecule has 0 saturated carbocycles. The zero-order valence-electron chi connectivity index (χ0n) is 11.8. The third kappa shape index (κ3) is 8.32. The number of allylic oxidation sites excluding steroid dienone is 2. The molecule has 2 nitrogen and oxygen atoms in total. The zero-order chi connectivity index (χ0) is 13.1. The van der Waals surface area contributed by atoms with Crippen molar-refractivity contribution in [3.8, 4) is 0 Å². The molecule has 0 fully saturated rings. The first-order valence-corrected chi connectivity index (χ1v) is 7.63. The lowest BCUT2D eigenvalue weighted by Crippen LogP contribution is -2.14. The van der Waals surface area contributed by atoms with Crippen molar-refractivity contribution in [3.63, 3.8) is 0 Å². The van der Waals surface area contributed by atoms with Crippen LogP contribution >= 0.6 is 0 Å². The number of cyclic esters (lactones) is 1. The van der Waals surface area contributed by atoms with Gasteiger partial charge in [-0.2, -0.15) is 0 Å². The van der Waals surface area contributed by atoms with Crippen molar-refractivity contribution in [1.29, 1.82) is 0 Å². The number of ether oxygens (including phenoxy) is 1. The standard InChI is InChI=1S/C16H28O2/c1-15-13-11-9-7-5-3-2-4-6-8-10-12-14-16(17)18-15/h3,5,15H,2,4,6-14H2,1H3/b5-3-. The number of hydrogen-bond donors (Lipinski definition) is 0. The largest absolute Gasteiger partial charge is 0.463 e. The van der Waals surface area contributed by atoms with Crippen molar-refractivity contribution < 1.29 is 9.53 Å². The third-order valence-electron chi connectivity index (χ3n) is 3.48. The molecule has 0 amide bonds. The lowest BCUT2D eigenvalue weighted by atomic mass is 10.1. The molecule has 1 heterocycles. The van der Waals surface area contributed by atoms with Crippen molar-refractivity contribution in [2.75, 3.05) is 0 Å². The fraction of sp³-hybridized carbons (Fsp3) is 0.812. The van der Waals surface area contributed by atoms with Crippen LogP contribution in [-0.2, 0) is 9.53 Å². The van der Waals surface area contributed by atoms with Crippen molar-refractivity contribution >= 4 is 5.97 Å². The molecule has 1 unspecified atom stereocenters. The Morgan fingerprint density at radius 3 is 2.33 bits per heavy atom. The Hall–Kier alpha value is -0.790. The van der Waals surface area contributed by atoms with Gasteiger partial charge < -0.3 is 4.74 Å². The predicted octanol–water partition coefficient (Wildman–Crippen LogP) is 4.78. The van der Waals surface area contributed by atoms with Crippen LogP contribution in [0.15, 0.2) is 12.2 Å². The van der Waals surface area contributed by atoms with Gasteiger partial charge in [0, 0.05) is 6.42 Å². The Kier molecular flexibility index (Phi) is 8.62. The van der Waals surface area contributed by atoms with Crippen molar-refractivity contribution in [1.82, 2.24) is 0 Å². The van der Waals surface area contributed by atoms with E-state index in [0.29, 0.717) is 6.42 Å². The lowest BCUT2D eigenvalue weighted by molar-refractivity contribution is -0.148. The van der Waals surface area contributed by atoms with Gasteiger partial charge in [0.25, 0.3) is 0 Å². The van der Waals surface area contributed by atoms with Crippen molar-refractivity contribution in [2.45, 2.75) is 83.7 Å². The fourth-order valence-corrected chi connectivity index (χ4v) is 2.33. The average molecular weight is 252 g/mol. The Balaban J connectivity index is 2.28. The minimum absolute atomic E-state index is 0.00510. The molecule has 1 rings (SSSR count). The van der Waals surface area contributed by atoms with E-state index in [4.69, 9.17) is 4.74 Å². The maximum absolute atomic E-state index is 11.6. The lowest BCUT2D eigenvalue weighted by Gasteiger charge is -2.13. The topological polar surface area (TPSA) is 26.3 Å². The molecule has 0 saturated heterocycles. The molecule has 0 aromatic carbocycles. The van der Waals surface area contributed by atoms with Gasteiger partial charge in [-0.05, 0) is 51.9 Å². The smallest absolute Gasteiger partial charge is 0.306 e. The summed E-state index contributed by atoms with van der Waals surface area (Å²) in [6.07, 6.45) is 17.0. The molecule has 104 valence electrons. The second-order valence-corrected chi connectivity index (χ2v) is 5.36. The number of carbonyl (C=O) groups excluding carboxylic acids is 1. The maximum Gasteiger partial charge on any atom is 0.306 e. The summed E-state index contributed by atoms with van der Waals surface area (Å²) in [7, 11) is 0. The summed E-state index contributed by atoms with van der Waals surface area (Å²) in [5.74, 6) is -0.00510. The van der Waals surface area contributed by atoms with Gasteiger partial charge in [-0.1, -0.05) is 31.4 Å². The van der Waals surface area contributed by atoms with E-state index < -0.39 is 0 Å². The van der Waals surface area contributed by atoms with Gasteiger partial charge in [0.05, 0.1) is 6.10 Å². The highest BCUT2D eigenvalue weighted by Crippen LogP contribution is 2.12. The Morgan fingerprint density at radius 1 is 0.944 bits per heavy atom. The van der Waals surface area contributed by atoms with Gasteiger partial charge in [-0.3, -0.25) is 4.79 Å². The second-order valence-electron chi connectivity index (χ2n) is 5.36. The molecular formula is C16H28O2. The maximum atomic E-state index is 11.6. The number of esters is 1. The molecule has 1 aliphatic heterocycles. The third-order valence-corrected chi connectivity index (χ3v) is 3.48. The van der Waals surface area contributed by atoms with E-state index in [9.17, 15) is 4.79 Å². The van der Waals surface area contributed by atoms with Gasteiger partial charge in [0.15, 0.2) is 0 Å². The van der Waals surface area contributed by atoms with Crippen LogP contribution in [0.2, 0.25) is 0 Å². The van der Waals surface area contributed by atoms with Crippen LogP contribution in [0, 0.1) is 0 Å². The highest BCUT2D eigenvalue weighted by atomic mass is 16.5. The summed E-state index contributed by atoms with van der Waals surface area (Å²) in [6, 6.07) is 0. The average Bonchev–Trinajstić information content (AvgIpc) is 2.33. The van der Waals surface area contributed by atoms with E-state index in [2.05, 4.69) is 12.2 Å². The highest BCUT2D eigenvalue weighted by molar-refractivity contribution is 5.69. The monoisotopic (exact) mass is 252 g/mol. The molecule has 2 heteroatoms. The van der Waals surface area contributed by atoms with Gasteiger partial charge in [0.1, 0.15) is 0 Å². The van der Waals surface area contributed by atoms with Crippen LogP contribution in [0.3, 0.4) is 0 Å². The second kappa shape index (κ2) is 10.2. The highest BCUT2D eigenvalue weighted by Gasteiger charge is 2.08. The quantitative estimate of drug-likeness (QED) is 0.458. The molecule has 0 spiro atoms. The minimum Gasteiger partial charge on any atom is -0.463 e. The number of rotatable bonds is 0. The zero-order valence-corrected chi connectivity index (χ0v) is 11.8. The fourth-order valence-electron chi connectivity index (χ4n) is 2.33. The minimum atomic E-state index is -0.00510. The molecule has 0 aromatic rings. The Labute approximate surface area is 112 Å². The first kappa shape index (κ1) is 15.3. The van der Waals surface area contributed by atoms with Gasteiger partial charge in [-0.15, -0.1) is 0 Å². The predicted molar refractivity (Wildman–Crippen MR) is 75.5 cm³/mol. The summed E-state index contributed by atoms with van der Waals surface area (Å²) < 4.78 is 5.39. The van der Waals surface area contributed by atoms with E-state index in [0.717, 1.165) is 25.7 Å². The van der Waals surface area contributed by atoms with Crippen LogP contribution in [-0.4, -0.2) is 12.1 Å². The first-order chi connectivity index (χ1) is 8.79. The van der Waals surface area contributed by atoms with E-state index in [1.54, 1.807) is 0 Å².